The van der Waals surface area contributed by atoms with Gasteiger partial charge < -0.3 is 10.2 Å². The molecule has 114 valence electrons. The standard InChI is InChI=1S/C15H18N6S/c1-9-10(2)22-14-12(9)13(19-8-20-14)21(4)7-11-5-17-15(16-3)18-6-11/h5-6,8H,7H2,1-4H3,(H,16,17,18). The van der Waals surface area contributed by atoms with Gasteiger partial charge in [-0.15, -0.1) is 11.3 Å². The van der Waals surface area contributed by atoms with Gasteiger partial charge in [-0.25, -0.2) is 19.9 Å². The summed E-state index contributed by atoms with van der Waals surface area (Å²) in [5, 5.41) is 4.06. The zero-order chi connectivity index (χ0) is 15.7. The fourth-order valence-electron chi connectivity index (χ4n) is 2.37. The van der Waals surface area contributed by atoms with Gasteiger partial charge in [-0.05, 0) is 19.4 Å². The number of nitrogens with one attached hydrogen (secondary N) is 1. The molecule has 0 aromatic carbocycles. The maximum absolute atomic E-state index is 4.48. The van der Waals surface area contributed by atoms with Gasteiger partial charge in [-0.2, -0.15) is 0 Å². The molecule has 0 fully saturated rings. The van der Waals surface area contributed by atoms with Gasteiger partial charge in [0.2, 0.25) is 5.95 Å². The van der Waals surface area contributed by atoms with Crippen LogP contribution in [0.25, 0.3) is 10.2 Å². The summed E-state index contributed by atoms with van der Waals surface area (Å²) in [5.74, 6) is 1.57. The van der Waals surface area contributed by atoms with E-state index in [0.29, 0.717) is 12.5 Å². The molecule has 3 aromatic rings. The maximum Gasteiger partial charge on any atom is 0.222 e. The summed E-state index contributed by atoms with van der Waals surface area (Å²) >= 11 is 1.71. The molecule has 3 heterocycles. The van der Waals surface area contributed by atoms with Crippen LogP contribution in [-0.2, 0) is 6.54 Å². The second-order valence-corrected chi connectivity index (χ2v) is 6.38. The minimum absolute atomic E-state index is 0.625. The first-order valence-electron chi connectivity index (χ1n) is 7.00. The Morgan fingerprint density at radius 2 is 1.86 bits per heavy atom. The van der Waals surface area contributed by atoms with Gasteiger partial charge in [0, 0.05) is 43.5 Å². The van der Waals surface area contributed by atoms with Gasteiger partial charge in [-0.3, -0.25) is 0 Å². The van der Waals surface area contributed by atoms with E-state index in [2.05, 4.69) is 44.0 Å². The Bertz CT molecular complexity index is 796. The van der Waals surface area contributed by atoms with Crippen molar-refractivity contribution in [1.82, 2.24) is 19.9 Å². The van der Waals surface area contributed by atoms with Gasteiger partial charge in [0.15, 0.2) is 0 Å². The number of aryl methyl sites for hydroxylation is 2. The average molecular weight is 314 g/mol. The molecule has 0 aliphatic carbocycles. The first-order valence-corrected chi connectivity index (χ1v) is 7.82. The van der Waals surface area contributed by atoms with E-state index in [4.69, 9.17) is 0 Å². The fourth-order valence-corrected chi connectivity index (χ4v) is 3.36. The molecule has 6 nitrogen and oxygen atoms in total. The molecular weight excluding hydrogens is 296 g/mol. The number of fused-ring (bicyclic) bond motifs is 1. The number of hydrogen-bond acceptors (Lipinski definition) is 7. The molecule has 0 radical (unpaired) electrons. The Hall–Kier alpha value is -2.28. The van der Waals surface area contributed by atoms with E-state index in [9.17, 15) is 0 Å². The highest BCUT2D eigenvalue weighted by atomic mass is 32.1. The minimum atomic E-state index is 0.625. The van der Waals surface area contributed by atoms with Crippen LogP contribution < -0.4 is 10.2 Å². The third kappa shape index (κ3) is 2.59. The Kier molecular flexibility index (Phi) is 3.89. The summed E-state index contributed by atoms with van der Waals surface area (Å²) in [5.41, 5.74) is 2.29. The summed E-state index contributed by atoms with van der Waals surface area (Å²) in [7, 11) is 3.83. The molecule has 0 saturated heterocycles. The largest absolute Gasteiger partial charge is 0.357 e. The van der Waals surface area contributed by atoms with Crippen LogP contribution in [0.1, 0.15) is 16.0 Å². The van der Waals surface area contributed by atoms with Crippen LogP contribution >= 0.6 is 11.3 Å². The van der Waals surface area contributed by atoms with E-state index in [1.54, 1.807) is 24.7 Å². The van der Waals surface area contributed by atoms with Crippen molar-refractivity contribution in [2.24, 2.45) is 0 Å². The topological polar surface area (TPSA) is 66.8 Å². The lowest BCUT2D eigenvalue weighted by molar-refractivity contribution is 0.884. The molecule has 3 aromatic heterocycles. The first-order chi connectivity index (χ1) is 10.6. The zero-order valence-electron chi connectivity index (χ0n) is 13.1. The van der Waals surface area contributed by atoms with E-state index in [-0.39, 0.29) is 0 Å². The third-order valence-electron chi connectivity index (χ3n) is 3.66. The number of nitrogens with zero attached hydrogens (tertiary/aromatic N) is 5. The normalized spacial score (nSPS) is 10.9. The van der Waals surface area contributed by atoms with Crippen molar-refractivity contribution in [3.63, 3.8) is 0 Å². The van der Waals surface area contributed by atoms with E-state index in [1.165, 1.54) is 10.4 Å². The number of anilines is 2. The van der Waals surface area contributed by atoms with Crippen LogP contribution in [0.3, 0.4) is 0 Å². The van der Waals surface area contributed by atoms with Crippen molar-refractivity contribution in [2.45, 2.75) is 20.4 Å². The highest BCUT2D eigenvalue weighted by molar-refractivity contribution is 7.18. The Labute approximate surface area is 133 Å². The Morgan fingerprint density at radius 1 is 1.14 bits per heavy atom. The van der Waals surface area contributed by atoms with Gasteiger partial charge in [0.05, 0.1) is 5.39 Å². The predicted molar refractivity (Wildman–Crippen MR) is 90.6 cm³/mol. The molecule has 0 spiro atoms. The second-order valence-electron chi connectivity index (χ2n) is 5.18. The van der Waals surface area contributed by atoms with Crippen LogP contribution in [-0.4, -0.2) is 34.0 Å². The smallest absolute Gasteiger partial charge is 0.222 e. The summed E-state index contributed by atoms with van der Waals surface area (Å²) in [6.07, 6.45) is 5.29. The third-order valence-corrected chi connectivity index (χ3v) is 4.77. The lowest BCUT2D eigenvalue weighted by Gasteiger charge is -2.19. The van der Waals surface area contributed by atoms with E-state index >= 15 is 0 Å². The minimum Gasteiger partial charge on any atom is -0.357 e. The number of thiophene rings is 1. The highest BCUT2D eigenvalue weighted by Gasteiger charge is 2.15. The summed E-state index contributed by atoms with van der Waals surface area (Å²) in [6.45, 7) is 4.94. The van der Waals surface area contributed by atoms with Crippen molar-refractivity contribution < 1.29 is 0 Å². The Morgan fingerprint density at radius 3 is 2.55 bits per heavy atom. The highest BCUT2D eigenvalue weighted by Crippen LogP contribution is 2.34. The number of aromatic nitrogens is 4. The molecule has 0 atom stereocenters. The average Bonchev–Trinajstić information content (AvgIpc) is 2.83. The Balaban J connectivity index is 1.93. The van der Waals surface area contributed by atoms with E-state index in [0.717, 1.165) is 21.6 Å². The number of hydrogen-bond donors (Lipinski definition) is 1. The lowest BCUT2D eigenvalue weighted by atomic mass is 10.2. The van der Waals surface area contributed by atoms with Crippen LogP contribution in [0.15, 0.2) is 18.7 Å². The molecular formula is C15H18N6S. The molecule has 0 unspecified atom stereocenters. The molecule has 0 bridgehead atoms. The monoisotopic (exact) mass is 314 g/mol. The predicted octanol–water partition coefficient (Wildman–Crippen LogP) is 2.78. The molecule has 22 heavy (non-hydrogen) atoms. The van der Waals surface area contributed by atoms with Crippen molar-refractivity contribution in [3.8, 4) is 0 Å². The summed E-state index contributed by atoms with van der Waals surface area (Å²) in [4.78, 5) is 21.8. The summed E-state index contributed by atoms with van der Waals surface area (Å²) in [6, 6.07) is 0. The molecule has 7 heteroatoms. The fraction of sp³-hybridized carbons (Fsp3) is 0.333. The maximum atomic E-state index is 4.48. The molecule has 0 aliphatic heterocycles. The molecule has 3 rings (SSSR count). The van der Waals surface area contributed by atoms with Crippen LogP contribution in [0.4, 0.5) is 11.8 Å². The number of rotatable bonds is 4. The van der Waals surface area contributed by atoms with Crippen molar-refractivity contribution >= 4 is 33.3 Å². The molecule has 0 aliphatic rings. The van der Waals surface area contributed by atoms with Crippen LogP contribution in [0.5, 0.6) is 0 Å². The van der Waals surface area contributed by atoms with Gasteiger partial charge in [0.25, 0.3) is 0 Å². The van der Waals surface area contributed by atoms with Gasteiger partial charge in [0.1, 0.15) is 17.0 Å². The quantitative estimate of drug-likeness (QED) is 0.799. The van der Waals surface area contributed by atoms with Crippen molar-refractivity contribution in [3.05, 3.63) is 34.7 Å². The van der Waals surface area contributed by atoms with Crippen LogP contribution in [0, 0.1) is 13.8 Å². The van der Waals surface area contributed by atoms with Gasteiger partial charge in [-0.1, -0.05) is 0 Å². The van der Waals surface area contributed by atoms with Crippen molar-refractivity contribution in [1.29, 1.82) is 0 Å². The zero-order valence-corrected chi connectivity index (χ0v) is 13.9. The molecule has 1 N–H and O–H groups in total. The van der Waals surface area contributed by atoms with E-state index < -0.39 is 0 Å². The van der Waals surface area contributed by atoms with E-state index in [1.807, 2.05) is 19.4 Å². The summed E-state index contributed by atoms with van der Waals surface area (Å²) < 4.78 is 0. The van der Waals surface area contributed by atoms with Crippen molar-refractivity contribution in [2.75, 3.05) is 24.3 Å². The molecule has 0 saturated carbocycles. The van der Waals surface area contributed by atoms with Crippen LogP contribution in [0.2, 0.25) is 0 Å². The molecule has 0 amide bonds. The first kappa shape index (κ1) is 14.6. The SMILES string of the molecule is CNc1ncc(CN(C)c2ncnc3sc(C)c(C)c23)cn1. The van der Waals surface area contributed by atoms with Gasteiger partial charge >= 0.3 is 0 Å². The lowest BCUT2D eigenvalue weighted by Crippen LogP contribution is -2.18. The second kappa shape index (κ2) is 5.84.